The Labute approximate surface area is 200 Å². The number of carbonyl (C=O) groups excluding carboxylic acids is 1. The highest BCUT2D eigenvalue weighted by Gasteiger charge is 2.38. The molecule has 1 amide bonds. The van der Waals surface area contributed by atoms with Crippen LogP contribution in [0.4, 0.5) is 18.9 Å². The summed E-state index contributed by atoms with van der Waals surface area (Å²) in [6.07, 6.45) is -3.34. The molecule has 0 bridgehead atoms. The number of amides is 1. The SMILES string of the molecule is N[C@@H]1CCN(c2cccc3c2C(=O)N(CCc2ccc4ccccc4n2)C3)C1.O=C(O)C(F)(F)F. The molecule has 3 N–H and O–H groups in total. The number of rotatable bonds is 4. The number of benzene rings is 2. The molecule has 0 aliphatic carbocycles. The van der Waals surface area contributed by atoms with E-state index in [0.717, 1.165) is 59.3 Å². The quantitative estimate of drug-likeness (QED) is 0.585. The number of hydrogen-bond acceptors (Lipinski definition) is 5. The van der Waals surface area contributed by atoms with E-state index in [1.165, 1.54) is 0 Å². The van der Waals surface area contributed by atoms with Gasteiger partial charge < -0.3 is 20.6 Å². The maximum Gasteiger partial charge on any atom is 0.490 e. The van der Waals surface area contributed by atoms with E-state index in [1.807, 2.05) is 23.1 Å². The summed E-state index contributed by atoms with van der Waals surface area (Å²) in [4.78, 5) is 31.0. The fourth-order valence-electron chi connectivity index (χ4n) is 4.35. The number of pyridine rings is 1. The van der Waals surface area contributed by atoms with Gasteiger partial charge in [0.25, 0.3) is 5.91 Å². The number of carboxylic acid groups (broad SMARTS) is 1. The molecule has 184 valence electrons. The minimum absolute atomic E-state index is 0.131. The number of aromatic nitrogens is 1. The second kappa shape index (κ2) is 9.91. The van der Waals surface area contributed by atoms with Crippen LogP contribution in [0, 0.1) is 0 Å². The average Bonchev–Trinajstić information content (AvgIpc) is 3.40. The normalized spacial score (nSPS) is 17.4. The lowest BCUT2D eigenvalue weighted by Gasteiger charge is -2.21. The topological polar surface area (TPSA) is 99.8 Å². The van der Waals surface area contributed by atoms with Gasteiger partial charge in [0, 0.05) is 55.4 Å². The van der Waals surface area contributed by atoms with Gasteiger partial charge in [-0.05, 0) is 30.2 Å². The van der Waals surface area contributed by atoms with Crippen LogP contribution < -0.4 is 10.6 Å². The van der Waals surface area contributed by atoms with Crippen LogP contribution in [0.25, 0.3) is 10.9 Å². The molecule has 7 nitrogen and oxygen atoms in total. The summed E-state index contributed by atoms with van der Waals surface area (Å²) in [5.41, 5.74) is 11.1. The van der Waals surface area contributed by atoms with Crippen molar-refractivity contribution in [2.45, 2.75) is 31.6 Å². The number of alkyl halides is 3. The summed E-state index contributed by atoms with van der Waals surface area (Å²) < 4.78 is 31.7. The van der Waals surface area contributed by atoms with E-state index in [2.05, 4.69) is 41.3 Å². The van der Waals surface area contributed by atoms with Crippen molar-refractivity contribution >= 4 is 28.5 Å². The molecule has 1 aromatic heterocycles. The number of fused-ring (bicyclic) bond motifs is 2. The second-order valence-corrected chi connectivity index (χ2v) is 8.58. The molecular formula is C25H25F3N4O3. The molecule has 0 saturated carbocycles. The van der Waals surface area contributed by atoms with E-state index >= 15 is 0 Å². The monoisotopic (exact) mass is 486 g/mol. The number of halogens is 3. The Morgan fingerprint density at radius 1 is 1.11 bits per heavy atom. The van der Waals surface area contributed by atoms with Crippen molar-refractivity contribution in [2.75, 3.05) is 24.5 Å². The molecule has 2 aliphatic rings. The van der Waals surface area contributed by atoms with Gasteiger partial charge in [0.2, 0.25) is 0 Å². The first-order valence-corrected chi connectivity index (χ1v) is 11.2. The van der Waals surface area contributed by atoms with Gasteiger partial charge in [-0.25, -0.2) is 4.79 Å². The van der Waals surface area contributed by atoms with Gasteiger partial charge >= 0.3 is 12.1 Å². The molecule has 10 heteroatoms. The zero-order chi connectivity index (χ0) is 25.2. The highest BCUT2D eigenvalue weighted by Crippen LogP contribution is 2.33. The van der Waals surface area contributed by atoms with E-state index in [-0.39, 0.29) is 11.9 Å². The maximum atomic E-state index is 13.1. The Hall–Kier alpha value is -3.66. The van der Waals surface area contributed by atoms with Crippen LogP contribution >= 0.6 is 0 Å². The van der Waals surface area contributed by atoms with Crippen molar-refractivity contribution in [2.24, 2.45) is 5.73 Å². The summed E-state index contributed by atoms with van der Waals surface area (Å²) in [6.45, 7) is 3.10. The molecule has 3 heterocycles. The fraction of sp³-hybridized carbons (Fsp3) is 0.320. The summed E-state index contributed by atoms with van der Waals surface area (Å²) >= 11 is 0. The van der Waals surface area contributed by atoms with E-state index in [9.17, 15) is 18.0 Å². The molecule has 35 heavy (non-hydrogen) atoms. The number of aliphatic carboxylic acids is 1. The predicted molar refractivity (Wildman–Crippen MR) is 125 cm³/mol. The standard InChI is InChI=1S/C23H24N4O.C2HF3O2/c24-18-10-12-26(15-18)21-7-3-5-17-14-27(23(28)22(17)21)13-11-19-9-8-16-4-1-2-6-20(16)25-19;3-2(4,5)1(6)7/h1-9,18H,10-15,24H2;(H,6,7)/t18-;/m1./s1. The van der Waals surface area contributed by atoms with E-state index in [4.69, 9.17) is 20.6 Å². The third-order valence-corrected chi connectivity index (χ3v) is 6.09. The molecule has 0 unspecified atom stereocenters. The van der Waals surface area contributed by atoms with Gasteiger partial charge in [-0.3, -0.25) is 9.78 Å². The van der Waals surface area contributed by atoms with Gasteiger partial charge in [-0.2, -0.15) is 13.2 Å². The lowest BCUT2D eigenvalue weighted by atomic mass is 10.1. The molecule has 0 spiro atoms. The molecule has 1 fully saturated rings. The van der Waals surface area contributed by atoms with Crippen LogP contribution in [0.1, 0.15) is 28.0 Å². The summed E-state index contributed by atoms with van der Waals surface area (Å²) in [5, 5.41) is 8.27. The van der Waals surface area contributed by atoms with Crippen LogP contribution in [0.2, 0.25) is 0 Å². The zero-order valence-corrected chi connectivity index (χ0v) is 18.8. The van der Waals surface area contributed by atoms with Gasteiger partial charge in [-0.1, -0.05) is 36.4 Å². The molecule has 2 aromatic carbocycles. The largest absolute Gasteiger partial charge is 0.490 e. The van der Waals surface area contributed by atoms with Crippen molar-refractivity contribution in [1.29, 1.82) is 0 Å². The van der Waals surface area contributed by atoms with Crippen LogP contribution in [0.15, 0.2) is 54.6 Å². The first kappa shape index (κ1) is 24.5. The minimum atomic E-state index is -5.08. The second-order valence-electron chi connectivity index (χ2n) is 8.58. The Morgan fingerprint density at radius 2 is 1.86 bits per heavy atom. The third kappa shape index (κ3) is 5.54. The van der Waals surface area contributed by atoms with E-state index < -0.39 is 12.1 Å². The van der Waals surface area contributed by atoms with Gasteiger partial charge in [0.05, 0.1) is 11.1 Å². The van der Waals surface area contributed by atoms with Crippen molar-refractivity contribution in [1.82, 2.24) is 9.88 Å². The zero-order valence-electron chi connectivity index (χ0n) is 18.8. The van der Waals surface area contributed by atoms with Crippen molar-refractivity contribution in [3.8, 4) is 0 Å². The molecule has 1 saturated heterocycles. The predicted octanol–water partition coefficient (Wildman–Crippen LogP) is 3.60. The van der Waals surface area contributed by atoms with Crippen molar-refractivity contribution < 1.29 is 27.9 Å². The average molecular weight is 486 g/mol. The minimum Gasteiger partial charge on any atom is -0.475 e. The summed E-state index contributed by atoms with van der Waals surface area (Å²) in [5.74, 6) is -2.63. The Balaban J connectivity index is 0.000000364. The fourth-order valence-corrected chi connectivity index (χ4v) is 4.35. The lowest BCUT2D eigenvalue weighted by Crippen LogP contribution is -2.29. The van der Waals surface area contributed by atoms with Gasteiger partial charge in [-0.15, -0.1) is 0 Å². The number of para-hydroxylation sites is 1. The Kier molecular flexibility index (Phi) is 6.93. The highest BCUT2D eigenvalue weighted by molar-refractivity contribution is 6.03. The number of anilines is 1. The van der Waals surface area contributed by atoms with Crippen LogP contribution in [-0.2, 0) is 17.8 Å². The van der Waals surface area contributed by atoms with E-state index in [0.29, 0.717) is 13.1 Å². The molecule has 3 aromatic rings. The lowest BCUT2D eigenvalue weighted by molar-refractivity contribution is -0.192. The molecule has 2 aliphatic heterocycles. The number of nitrogens with two attached hydrogens (primary N) is 1. The van der Waals surface area contributed by atoms with Crippen LogP contribution in [-0.4, -0.2) is 58.7 Å². The maximum absolute atomic E-state index is 13.1. The van der Waals surface area contributed by atoms with E-state index in [1.54, 1.807) is 0 Å². The summed E-state index contributed by atoms with van der Waals surface area (Å²) in [6, 6.07) is 18.7. The smallest absolute Gasteiger partial charge is 0.475 e. The first-order valence-electron chi connectivity index (χ1n) is 11.2. The number of nitrogens with zero attached hydrogens (tertiary/aromatic N) is 3. The Morgan fingerprint density at radius 3 is 2.54 bits per heavy atom. The van der Waals surface area contributed by atoms with Gasteiger partial charge in [0.1, 0.15) is 0 Å². The Bertz CT molecular complexity index is 1250. The van der Waals surface area contributed by atoms with Crippen LogP contribution in [0.5, 0.6) is 0 Å². The first-order chi connectivity index (χ1) is 16.6. The van der Waals surface area contributed by atoms with Crippen molar-refractivity contribution in [3.63, 3.8) is 0 Å². The highest BCUT2D eigenvalue weighted by atomic mass is 19.4. The number of carbonyl (C=O) groups is 2. The molecule has 5 rings (SSSR count). The number of carboxylic acids is 1. The third-order valence-electron chi connectivity index (χ3n) is 6.09. The van der Waals surface area contributed by atoms with Crippen molar-refractivity contribution in [3.05, 3.63) is 71.4 Å². The molecule has 0 radical (unpaired) electrons. The number of hydrogen-bond donors (Lipinski definition) is 2. The summed E-state index contributed by atoms with van der Waals surface area (Å²) in [7, 11) is 0. The molecular weight excluding hydrogens is 461 g/mol. The van der Waals surface area contributed by atoms with Gasteiger partial charge in [0.15, 0.2) is 0 Å². The molecule has 1 atom stereocenters. The van der Waals surface area contributed by atoms with Crippen LogP contribution in [0.3, 0.4) is 0 Å².